The van der Waals surface area contributed by atoms with Gasteiger partial charge in [-0.05, 0) is 49.2 Å². The van der Waals surface area contributed by atoms with Gasteiger partial charge in [-0.1, -0.05) is 30.3 Å². The van der Waals surface area contributed by atoms with Crippen molar-refractivity contribution >= 4 is 11.6 Å². The van der Waals surface area contributed by atoms with Gasteiger partial charge >= 0.3 is 0 Å². The normalized spacial score (nSPS) is 10.3. The Bertz CT molecular complexity index is 612. The average molecular weight is 298 g/mol. The van der Waals surface area contributed by atoms with Crippen LogP contribution in [0, 0.1) is 6.92 Å². The van der Waals surface area contributed by atoms with E-state index >= 15 is 0 Å². The molecule has 2 aromatic carbocycles. The average Bonchev–Trinajstić information content (AvgIpc) is 2.54. The molecule has 1 amide bonds. The van der Waals surface area contributed by atoms with E-state index in [1.54, 1.807) is 0 Å². The molecule has 2 rings (SSSR count). The summed E-state index contributed by atoms with van der Waals surface area (Å²) >= 11 is 0. The van der Waals surface area contributed by atoms with Gasteiger partial charge in [-0.3, -0.25) is 4.79 Å². The van der Waals surface area contributed by atoms with Crippen LogP contribution < -0.4 is 15.8 Å². The van der Waals surface area contributed by atoms with E-state index in [2.05, 4.69) is 5.32 Å². The second kappa shape index (κ2) is 8.20. The van der Waals surface area contributed by atoms with Crippen LogP contribution in [0.4, 0.5) is 5.69 Å². The third kappa shape index (κ3) is 4.90. The zero-order valence-electron chi connectivity index (χ0n) is 12.8. The Morgan fingerprint density at radius 2 is 1.95 bits per heavy atom. The fourth-order valence-electron chi connectivity index (χ4n) is 2.08. The first-order valence-corrected chi connectivity index (χ1v) is 7.46. The molecule has 0 saturated carbocycles. The minimum absolute atomic E-state index is 0.00787. The Morgan fingerprint density at radius 1 is 1.18 bits per heavy atom. The van der Waals surface area contributed by atoms with Crippen LogP contribution in [0.1, 0.15) is 24.0 Å². The maximum atomic E-state index is 11.7. The lowest BCUT2D eigenvalue weighted by molar-refractivity contribution is -0.116. The molecular formula is C18H22N2O2. The molecule has 116 valence electrons. The standard InChI is InChI=1S/C18H22N2O2/c1-14-12-16(22-13-15-6-3-2-4-7-15)9-10-17(14)20-18(21)8-5-11-19/h2-4,6-7,9-10,12H,5,8,11,13,19H2,1H3,(H,20,21). The van der Waals surface area contributed by atoms with Crippen molar-refractivity contribution in [1.82, 2.24) is 0 Å². The van der Waals surface area contributed by atoms with Gasteiger partial charge in [0.2, 0.25) is 5.91 Å². The van der Waals surface area contributed by atoms with Crippen LogP contribution in [0.5, 0.6) is 5.75 Å². The predicted octanol–water partition coefficient (Wildman–Crippen LogP) is 3.25. The minimum Gasteiger partial charge on any atom is -0.489 e. The summed E-state index contributed by atoms with van der Waals surface area (Å²) in [6.07, 6.45) is 1.14. The Morgan fingerprint density at radius 3 is 2.64 bits per heavy atom. The quantitative estimate of drug-likeness (QED) is 0.824. The van der Waals surface area contributed by atoms with Crippen molar-refractivity contribution in [2.24, 2.45) is 5.73 Å². The van der Waals surface area contributed by atoms with E-state index in [1.807, 2.05) is 55.5 Å². The molecule has 0 bridgehead atoms. The molecule has 0 aromatic heterocycles. The molecule has 4 nitrogen and oxygen atoms in total. The fraction of sp³-hybridized carbons (Fsp3) is 0.278. The smallest absolute Gasteiger partial charge is 0.224 e. The van der Waals surface area contributed by atoms with Gasteiger partial charge in [0.15, 0.2) is 0 Å². The zero-order valence-corrected chi connectivity index (χ0v) is 12.8. The summed E-state index contributed by atoms with van der Waals surface area (Å²) < 4.78 is 5.77. The van der Waals surface area contributed by atoms with Crippen LogP contribution >= 0.6 is 0 Å². The highest BCUT2D eigenvalue weighted by molar-refractivity contribution is 5.91. The monoisotopic (exact) mass is 298 g/mol. The van der Waals surface area contributed by atoms with Crippen molar-refractivity contribution < 1.29 is 9.53 Å². The first-order valence-electron chi connectivity index (χ1n) is 7.46. The van der Waals surface area contributed by atoms with Gasteiger partial charge in [0.05, 0.1) is 0 Å². The molecule has 0 aliphatic heterocycles. The maximum Gasteiger partial charge on any atom is 0.224 e. The van der Waals surface area contributed by atoms with Crippen molar-refractivity contribution in [3.63, 3.8) is 0 Å². The van der Waals surface area contributed by atoms with E-state index in [9.17, 15) is 4.79 Å². The first kappa shape index (κ1) is 16.0. The van der Waals surface area contributed by atoms with Crippen molar-refractivity contribution in [3.8, 4) is 5.75 Å². The van der Waals surface area contributed by atoms with Crippen molar-refractivity contribution in [3.05, 3.63) is 59.7 Å². The van der Waals surface area contributed by atoms with E-state index in [4.69, 9.17) is 10.5 Å². The molecule has 0 aliphatic rings. The Kier molecular flexibility index (Phi) is 5.98. The summed E-state index contributed by atoms with van der Waals surface area (Å²) in [6.45, 7) is 3.01. The highest BCUT2D eigenvalue weighted by Gasteiger charge is 2.05. The van der Waals surface area contributed by atoms with Crippen molar-refractivity contribution in [2.75, 3.05) is 11.9 Å². The van der Waals surface area contributed by atoms with Crippen LogP contribution in [-0.4, -0.2) is 12.5 Å². The number of aryl methyl sites for hydroxylation is 1. The molecule has 3 N–H and O–H groups in total. The topological polar surface area (TPSA) is 64.3 Å². The fourth-order valence-corrected chi connectivity index (χ4v) is 2.08. The highest BCUT2D eigenvalue weighted by Crippen LogP contribution is 2.22. The molecule has 0 atom stereocenters. The van der Waals surface area contributed by atoms with Gasteiger partial charge in [-0.2, -0.15) is 0 Å². The van der Waals surface area contributed by atoms with Gasteiger partial charge in [-0.15, -0.1) is 0 Å². The molecule has 0 fully saturated rings. The highest BCUT2D eigenvalue weighted by atomic mass is 16.5. The van der Waals surface area contributed by atoms with E-state index in [0.717, 1.165) is 22.6 Å². The van der Waals surface area contributed by atoms with Crippen LogP contribution in [0.25, 0.3) is 0 Å². The van der Waals surface area contributed by atoms with Crippen LogP contribution in [0.3, 0.4) is 0 Å². The van der Waals surface area contributed by atoms with Gasteiger partial charge in [0.1, 0.15) is 12.4 Å². The summed E-state index contributed by atoms with van der Waals surface area (Å²) in [7, 11) is 0. The number of carbonyl (C=O) groups is 1. The Labute approximate surface area is 131 Å². The number of amides is 1. The summed E-state index contributed by atoms with van der Waals surface area (Å²) in [5, 5.41) is 2.90. The number of rotatable bonds is 7. The van der Waals surface area contributed by atoms with E-state index in [0.29, 0.717) is 26.0 Å². The first-order chi connectivity index (χ1) is 10.7. The second-order valence-corrected chi connectivity index (χ2v) is 5.19. The summed E-state index contributed by atoms with van der Waals surface area (Å²) in [5.41, 5.74) is 8.32. The van der Waals surface area contributed by atoms with E-state index < -0.39 is 0 Å². The molecule has 2 aromatic rings. The molecule has 0 radical (unpaired) electrons. The largest absolute Gasteiger partial charge is 0.489 e. The van der Waals surface area contributed by atoms with Crippen molar-refractivity contribution in [2.45, 2.75) is 26.4 Å². The Hall–Kier alpha value is -2.33. The molecule has 22 heavy (non-hydrogen) atoms. The number of nitrogens with one attached hydrogen (secondary N) is 1. The van der Waals surface area contributed by atoms with E-state index in [1.165, 1.54) is 0 Å². The lowest BCUT2D eigenvalue weighted by atomic mass is 10.1. The second-order valence-electron chi connectivity index (χ2n) is 5.19. The van der Waals surface area contributed by atoms with Gasteiger partial charge in [0, 0.05) is 12.1 Å². The van der Waals surface area contributed by atoms with Gasteiger partial charge < -0.3 is 15.8 Å². The number of benzene rings is 2. The van der Waals surface area contributed by atoms with E-state index in [-0.39, 0.29) is 5.91 Å². The number of anilines is 1. The number of nitrogens with two attached hydrogens (primary N) is 1. The molecule has 0 heterocycles. The molecule has 4 heteroatoms. The maximum absolute atomic E-state index is 11.7. The third-order valence-electron chi connectivity index (χ3n) is 3.33. The van der Waals surface area contributed by atoms with Gasteiger partial charge in [0.25, 0.3) is 0 Å². The molecular weight excluding hydrogens is 276 g/mol. The minimum atomic E-state index is -0.00787. The number of hydrogen-bond acceptors (Lipinski definition) is 3. The summed E-state index contributed by atoms with van der Waals surface area (Å²) in [5.74, 6) is 0.785. The Balaban J connectivity index is 1.93. The summed E-state index contributed by atoms with van der Waals surface area (Å²) in [4.78, 5) is 11.7. The van der Waals surface area contributed by atoms with Crippen molar-refractivity contribution in [1.29, 1.82) is 0 Å². The van der Waals surface area contributed by atoms with Crippen LogP contribution in [0.2, 0.25) is 0 Å². The number of carbonyl (C=O) groups excluding carboxylic acids is 1. The SMILES string of the molecule is Cc1cc(OCc2ccccc2)ccc1NC(=O)CCCN. The van der Waals surface area contributed by atoms with Gasteiger partial charge in [-0.25, -0.2) is 0 Å². The van der Waals surface area contributed by atoms with Crippen LogP contribution in [-0.2, 0) is 11.4 Å². The zero-order chi connectivity index (χ0) is 15.8. The van der Waals surface area contributed by atoms with Crippen LogP contribution in [0.15, 0.2) is 48.5 Å². The molecule has 0 unspecified atom stereocenters. The molecule has 0 saturated heterocycles. The third-order valence-corrected chi connectivity index (χ3v) is 3.33. The summed E-state index contributed by atoms with van der Waals surface area (Å²) in [6, 6.07) is 15.7. The number of hydrogen-bond donors (Lipinski definition) is 2. The lowest BCUT2D eigenvalue weighted by Crippen LogP contribution is -2.14. The number of ether oxygens (including phenoxy) is 1. The molecule has 0 spiro atoms. The lowest BCUT2D eigenvalue weighted by Gasteiger charge is -2.11. The predicted molar refractivity (Wildman–Crippen MR) is 88.9 cm³/mol. The molecule has 0 aliphatic carbocycles.